The molecule has 4 heteroatoms. The van der Waals surface area contributed by atoms with Crippen LogP contribution < -0.4 is 11.1 Å². The zero-order chi connectivity index (χ0) is 9.23. The Labute approximate surface area is 73.5 Å². The van der Waals surface area contributed by atoms with Gasteiger partial charge in [-0.05, 0) is 13.0 Å². The van der Waals surface area contributed by atoms with Crippen molar-refractivity contribution in [3.63, 3.8) is 0 Å². The predicted octanol–water partition coefficient (Wildman–Crippen LogP) is 0.862. The average Bonchev–Trinajstić information content (AvgIpc) is 2.02. The highest BCUT2D eigenvalue weighted by Crippen LogP contribution is 1.90. The highest BCUT2D eigenvalue weighted by Gasteiger charge is 1.91. The molecule has 0 saturated heterocycles. The van der Waals surface area contributed by atoms with Crippen LogP contribution in [0.3, 0.4) is 0 Å². The van der Waals surface area contributed by atoms with Gasteiger partial charge in [-0.1, -0.05) is 19.8 Å². The Hall–Kier alpha value is -0.770. The number of primary amides is 1. The molecule has 0 aromatic carbocycles. The third-order valence-corrected chi connectivity index (χ3v) is 1.48. The van der Waals surface area contributed by atoms with E-state index in [0.29, 0.717) is 13.2 Å². The highest BCUT2D eigenvalue weighted by atomic mass is 16.5. The van der Waals surface area contributed by atoms with E-state index in [1.165, 1.54) is 19.3 Å². The number of hydrogen-bond acceptors (Lipinski definition) is 3. The molecule has 0 atom stereocenters. The number of carbonyl (C=O) groups excluding carboxylic acids is 1. The van der Waals surface area contributed by atoms with Crippen LogP contribution in [0.2, 0.25) is 0 Å². The minimum atomic E-state index is -0.703. The number of unbranched alkanes of at least 4 members (excludes halogenated alkanes) is 2. The van der Waals surface area contributed by atoms with Gasteiger partial charge in [-0.15, -0.1) is 0 Å². The molecule has 0 aliphatic rings. The van der Waals surface area contributed by atoms with Crippen LogP contribution in [-0.2, 0) is 4.74 Å². The van der Waals surface area contributed by atoms with E-state index in [-0.39, 0.29) is 0 Å². The first-order valence-electron chi connectivity index (χ1n) is 4.40. The Balaban J connectivity index is 2.86. The molecule has 1 amide bonds. The Morgan fingerprint density at radius 1 is 1.42 bits per heavy atom. The molecule has 0 heterocycles. The lowest BCUT2D eigenvalue weighted by Gasteiger charge is -2.03. The van der Waals surface area contributed by atoms with Crippen molar-refractivity contribution in [2.24, 2.45) is 5.73 Å². The fraction of sp³-hybridized carbons (Fsp3) is 0.875. The third kappa shape index (κ3) is 9.23. The first-order valence-corrected chi connectivity index (χ1v) is 4.40. The van der Waals surface area contributed by atoms with Gasteiger partial charge in [0.2, 0.25) is 0 Å². The van der Waals surface area contributed by atoms with Crippen molar-refractivity contribution in [1.29, 1.82) is 0 Å². The van der Waals surface area contributed by atoms with E-state index in [1.807, 2.05) is 0 Å². The molecule has 0 aliphatic heterocycles. The number of nitrogens with two attached hydrogens (primary N) is 1. The molecule has 0 bridgehead atoms. The van der Waals surface area contributed by atoms with Gasteiger partial charge in [0.25, 0.3) is 0 Å². The van der Waals surface area contributed by atoms with Gasteiger partial charge in [0.05, 0.1) is 0 Å². The molecule has 0 saturated carbocycles. The fourth-order valence-corrected chi connectivity index (χ4v) is 0.849. The summed E-state index contributed by atoms with van der Waals surface area (Å²) in [5.41, 5.74) is 4.77. The second-order valence-corrected chi connectivity index (χ2v) is 2.62. The van der Waals surface area contributed by atoms with Crippen molar-refractivity contribution < 1.29 is 9.53 Å². The fourth-order valence-electron chi connectivity index (χ4n) is 0.849. The van der Waals surface area contributed by atoms with E-state index in [4.69, 9.17) is 5.73 Å². The monoisotopic (exact) mass is 174 g/mol. The van der Waals surface area contributed by atoms with Crippen LogP contribution in [0, 0.1) is 0 Å². The zero-order valence-corrected chi connectivity index (χ0v) is 7.64. The molecular weight excluding hydrogens is 156 g/mol. The van der Waals surface area contributed by atoms with Crippen LogP contribution in [-0.4, -0.2) is 25.8 Å². The lowest BCUT2D eigenvalue weighted by molar-refractivity contribution is 0.157. The molecular formula is C8H18N2O2. The molecule has 0 aromatic rings. The smallest absolute Gasteiger partial charge is 0.404 e. The number of nitrogens with one attached hydrogen (secondary N) is 1. The quantitative estimate of drug-likeness (QED) is 0.563. The lowest BCUT2D eigenvalue weighted by Crippen LogP contribution is -2.24. The summed E-state index contributed by atoms with van der Waals surface area (Å²) in [7, 11) is 0. The summed E-state index contributed by atoms with van der Waals surface area (Å²) < 4.78 is 4.52. The van der Waals surface area contributed by atoms with E-state index in [0.717, 1.165) is 6.54 Å². The van der Waals surface area contributed by atoms with Crippen molar-refractivity contribution in [1.82, 2.24) is 5.32 Å². The molecule has 0 aromatic heterocycles. The Morgan fingerprint density at radius 2 is 2.17 bits per heavy atom. The highest BCUT2D eigenvalue weighted by molar-refractivity contribution is 5.64. The maximum atomic E-state index is 10.1. The predicted molar refractivity (Wildman–Crippen MR) is 47.9 cm³/mol. The summed E-state index contributed by atoms with van der Waals surface area (Å²) in [6.07, 6.45) is 2.93. The Morgan fingerprint density at radius 3 is 2.75 bits per heavy atom. The van der Waals surface area contributed by atoms with Gasteiger partial charge in [-0.25, -0.2) is 4.79 Å². The minimum Gasteiger partial charge on any atom is -0.448 e. The molecule has 0 aliphatic carbocycles. The van der Waals surface area contributed by atoms with E-state index < -0.39 is 6.09 Å². The molecule has 3 N–H and O–H groups in total. The number of ether oxygens (including phenoxy) is 1. The van der Waals surface area contributed by atoms with E-state index >= 15 is 0 Å². The van der Waals surface area contributed by atoms with Gasteiger partial charge in [0.15, 0.2) is 0 Å². The molecule has 72 valence electrons. The molecule has 0 rings (SSSR count). The molecule has 0 fully saturated rings. The zero-order valence-electron chi connectivity index (χ0n) is 7.64. The van der Waals surface area contributed by atoms with Gasteiger partial charge in [0, 0.05) is 6.54 Å². The van der Waals surface area contributed by atoms with Crippen LogP contribution in [0.1, 0.15) is 26.2 Å². The normalized spacial score (nSPS) is 9.75. The second kappa shape index (κ2) is 8.33. The van der Waals surface area contributed by atoms with E-state index in [2.05, 4.69) is 17.0 Å². The van der Waals surface area contributed by atoms with Gasteiger partial charge in [-0.3, -0.25) is 0 Å². The first-order chi connectivity index (χ1) is 5.77. The maximum absolute atomic E-state index is 10.1. The summed E-state index contributed by atoms with van der Waals surface area (Å²) in [5.74, 6) is 0. The summed E-state index contributed by atoms with van der Waals surface area (Å²) in [6.45, 7) is 4.19. The first kappa shape index (κ1) is 11.2. The maximum Gasteiger partial charge on any atom is 0.404 e. The topological polar surface area (TPSA) is 64.3 Å². The summed E-state index contributed by atoms with van der Waals surface area (Å²) >= 11 is 0. The van der Waals surface area contributed by atoms with Crippen molar-refractivity contribution in [3.8, 4) is 0 Å². The average molecular weight is 174 g/mol. The molecule has 0 radical (unpaired) electrons. The lowest BCUT2D eigenvalue weighted by atomic mass is 10.2. The largest absolute Gasteiger partial charge is 0.448 e. The van der Waals surface area contributed by atoms with E-state index in [1.54, 1.807) is 0 Å². The van der Waals surface area contributed by atoms with Gasteiger partial charge < -0.3 is 15.8 Å². The number of amides is 1. The Bertz CT molecular complexity index is 118. The van der Waals surface area contributed by atoms with Crippen molar-refractivity contribution >= 4 is 6.09 Å². The van der Waals surface area contributed by atoms with Crippen molar-refractivity contribution in [3.05, 3.63) is 0 Å². The van der Waals surface area contributed by atoms with Gasteiger partial charge in [0.1, 0.15) is 6.61 Å². The Kier molecular flexibility index (Phi) is 7.79. The van der Waals surface area contributed by atoms with Crippen LogP contribution in [0.25, 0.3) is 0 Å². The summed E-state index contributed by atoms with van der Waals surface area (Å²) in [6, 6.07) is 0. The van der Waals surface area contributed by atoms with Crippen molar-refractivity contribution in [2.75, 3.05) is 19.7 Å². The van der Waals surface area contributed by atoms with Crippen LogP contribution in [0.15, 0.2) is 0 Å². The molecule has 0 unspecified atom stereocenters. The van der Waals surface area contributed by atoms with Gasteiger partial charge in [-0.2, -0.15) is 0 Å². The summed E-state index contributed by atoms with van der Waals surface area (Å²) in [4.78, 5) is 10.1. The number of hydrogen-bond donors (Lipinski definition) is 2. The van der Waals surface area contributed by atoms with E-state index in [9.17, 15) is 4.79 Å². The molecule has 0 spiro atoms. The van der Waals surface area contributed by atoms with Crippen LogP contribution in [0.4, 0.5) is 4.79 Å². The SMILES string of the molecule is CCCCCNCCOC(N)=O. The number of carbonyl (C=O) groups is 1. The van der Waals surface area contributed by atoms with Gasteiger partial charge >= 0.3 is 6.09 Å². The van der Waals surface area contributed by atoms with Crippen LogP contribution >= 0.6 is 0 Å². The number of rotatable bonds is 7. The minimum absolute atomic E-state index is 0.363. The standard InChI is InChI=1S/C8H18N2O2/c1-2-3-4-5-10-6-7-12-8(9)11/h10H,2-7H2,1H3,(H2,9,11). The molecule has 4 nitrogen and oxygen atoms in total. The third-order valence-electron chi connectivity index (χ3n) is 1.48. The summed E-state index contributed by atoms with van der Waals surface area (Å²) in [5, 5.41) is 3.14. The molecule has 12 heavy (non-hydrogen) atoms. The van der Waals surface area contributed by atoms with Crippen molar-refractivity contribution in [2.45, 2.75) is 26.2 Å². The van der Waals surface area contributed by atoms with Crippen LogP contribution in [0.5, 0.6) is 0 Å². The second-order valence-electron chi connectivity index (χ2n) is 2.62.